The van der Waals surface area contributed by atoms with E-state index in [0.717, 1.165) is 11.3 Å². The van der Waals surface area contributed by atoms with E-state index in [9.17, 15) is 4.79 Å². The monoisotopic (exact) mass is 360 g/mol. The van der Waals surface area contributed by atoms with Crippen LogP contribution in [0, 0.1) is 0 Å². The van der Waals surface area contributed by atoms with E-state index in [-0.39, 0.29) is 11.3 Å². The molecule has 0 spiro atoms. The van der Waals surface area contributed by atoms with Gasteiger partial charge in [-0.05, 0) is 24.3 Å². The summed E-state index contributed by atoms with van der Waals surface area (Å²) in [6, 6.07) is 9.45. The van der Waals surface area contributed by atoms with E-state index in [0.29, 0.717) is 29.5 Å². The molecule has 2 heterocycles. The van der Waals surface area contributed by atoms with E-state index in [1.165, 1.54) is 0 Å². The van der Waals surface area contributed by atoms with Crippen molar-refractivity contribution in [2.45, 2.75) is 11.9 Å². The van der Waals surface area contributed by atoms with Gasteiger partial charge in [0.15, 0.2) is 11.5 Å². The van der Waals surface area contributed by atoms with Gasteiger partial charge in [-0.2, -0.15) is 0 Å². The molecule has 25 heavy (non-hydrogen) atoms. The van der Waals surface area contributed by atoms with Crippen molar-refractivity contribution in [1.82, 2.24) is 9.88 Å². The molecule has 1 atom stereocenters. The van der Waals surface area contributed by atoms with Crippen molar-refractivity contribution in [3.63, 3.8) is 0 Å². The number of aromatic nitrogens is 1. The number of hydrogen-bond donors (Lipinski definition) is 0. The van der Waals surface area contributed by atoms with Crippen LogP contribution in [-0.4, -0.2) is 42.9 Å². The molecule has 1 aromatic heterocycles. The summed E-state index contributed by atoms with van der Waals surface area (Å²) in [7, 11) is 4.74. The predicted molar refractivity (Wildman–Crippen MR) is 96.1 cm³/mol. The number of methoxy groups -OCH3 is 3. The number of benzene rings is 1. The SMILES string of the molecule is COc1ccc(C2SCC(=O)N2Cc2ccccn2)c(OC)c1OC. The van der Waals surface area contributed by atoms with Gasteiger partial charge in [0.2, 0.25) is 11.7 Å². The van der Waals surface area contributed by atoms with Gasteiger partial charge in [-0.3, -0.25) is 9.78 Å². The molecule has 0 N–H and O–H groups in total. The molecule has 6 nitrogen and oxygen atoms in total. The highest BCUT2D eigenvalue weighted by Gasteiger charge is 2.36. The Morgan fingerprint density at radius 2 is 1.92 bits per heavy atom. The highest BCUT2D eigenvalue weighted by Crippen LogP contribution is 2.48. The van der Waals surface area contributed by atoms with Gasteiger partial charge < -0.3 is 19.1 Å². The van der Waals surface area contributed by atoms with Crippen LogP contribution in [0.4, 0.5) is 0 Å². The third-order valence-corrected chi connectivity index (χ3v) is 5.27. The van der Waals surface area contributed by atoms with E-state index in [2.05, 4.69) is 4.98 Å². The second kappa shape index (κ2) is 7.65. The summed E-state index contributed by atoms with van der Waals surface area (Å²) in [5.74, 6) is 2.21. The zero-order valence-corrected chi connectivity index (χ0v) is 15.2. The fourth-order valence-electron chi connectivity index (χ4n) is 2.87. The average molecular weight is 360 g/mol. The lowest BCUT2D eigenvalue weighted by atomic mass is 10.1. The van der Waals surface area contributed by atoms with Crippen molar-refractivity contribution in [2.75, 3.05) is 27.1 Å². The molecule has 2 aromatic rings. The van der Waals surface area contributed by atoms with E-state index in [1.807, 2.05) is 35.2 Å². The molecule has 0 aliphatic carbocycles. The Morgan fingerprint density at radius 3 is 2.56 bits per heavy atom. The number of nitrogens with zero attached hydrogens (tertiary/aromatic N) is 2. The maximum absolute atomic E-state index is 12.4. The Bertz CT molecular complexity index is 754. The molecule has 0 saturated carbocycles. The Hall–Kier alpha value is -2.41. The largest absolute Gasteiger partial charge is 0.493 e. The molecule has 1 amide bonds. The molecule has 1 aliphatic rings. The number of amides is 1. The standard InChI is InChI=1S/C18H20N2O4S/c1-22-14-8-7-13(16(23-2)17(14)24-3)18-20(15(21)11-25-18)10-12-6-4-5-9-19-12/h4-9,18H,10-11H2,1-3H3. The number of thioether (sulfide) groups is 1. The second-order valence-electron chi connectivity index (χ2n) is 5.43. The number of pyridine rings is 1. The quantitative estimate of drug-likeness (QED) is 0.789. The van der Waals surface area contributed by atoms with Crippen molar-refractivity contribution >= 4 is 17.7 Å². The Labute approximate surface area is 151 Å². The van der Waals surface area contributed by atoms with Crippen LogP contribution in [-0.2, 0) is 11.3 Å². The van der Waals surface area contributed by atoms with Crippen molar-refractivity contribution in [3.05, 3.63) is 47.8 Å². The van der Waals surface area contributed by atoms with Gasteiger partial charge in [0, 0.05) is 11.8 Å². The lowest BCUT2D eigenvalue weighted by molar-refractivity contribution is -0.128. The van der Waals surface area contributed by atoms with Crippen molar-refractivity contribution in [1.29, 1.82) is 0 Å². The Kier molecular flexibility index (Phi) is 5.33. The number of rotatable bonds is 6. The van der Waals surface area contributed by atoms with Gasteiger partial charge >= 0.3 is 0 Å². The molecule has 7 heteroatoms. The summed E-state index contributed by atoms with van der Waals surface area (Å²) in [6.07, 6.45) is 1.73. The zero-order valence-electron chi connectivity index (χ0n) is 14.4. The first-order valence-electron chi connectivity index (χ1n) is 7.79. The normalized spacial score (nSPS) is 16.8. The fourth-order valence-corrected chi connectivity index (χ4v) is 4.07. The third kappa shape index (κ3) is 3.37. The Balaban J connectivity index is 1.98. The molecule has 1 aromatic carbocycles. The van der Waals surface area contributed by atoms with Gasteiger partial charge in [0.1, 0.15) is 5.37 Å². The van der Waals surface area contributed by atoms with Crippen LogP contribution >= 0.6 is 11.8 Å². The predicted octanol–water partition coefficient (Wildman–Crippen LogP) is 2.88. The number of hydrogen-bond acceptors (Lipinski definition) is 6. The minimum atomic E-state index is -0.163. The maximum atomic E-state index is 12.4. The molecule has 1 fully saturated rings. The van der Waals surface area contributed by atoms with E-state index in [1.54, 1.807) is 39.3 Å². The lowest BCUT2D eigenvalue weighted by Crippen LogP contribution is -2.28. The summed E-state index contributed by atoms with van der Waals surface area (Å²) in [5.41, 5.74) is 1.73. The summed E-state index contributed by atoms with van der Waals surface area (Å²) in [4.78, 5) is 18.6. The van der Waals surface area contributed by atoms with Crippen molar-refractivity contribution in [2.24, 2.45) is 0 Å². The first-order valence-corrected chi connectivity index (χ1v) is 8.84. The van der Waals surface area contributed by atoms with Gasteiger partial charge in [0.25, 0.3) is 0 Å². The molecular weight excluding hydrogens is 340 g/mol. The second-order valence-corrected chi connectivity index (χ2v) is 6.50. The first kappa shape index (κ1) is 17.4. The number of carbonyl (C=O) groups excluding carboxylic acids is 1. The van der Waals surface area contributed by atoms with Crippen LogP contribution in [0.2, 0.25) is 0 Å². The maximum Gasteiger partial charge on any atom is 0.234 e. The minimum Gasteiger partial charge on any atom is -0.493 e. The summed E-state index contributed by atoms with van der Waals surface area (Å²) in [5, 5.41) is -0.163. The summed E-state index contributed by atoms with van der Waals surface area (Å²) in [6.45, 7) is 0.453. The van der Waals surface area contributed by atoms with Crippen LogP contribution in [0.5, 0.6) is 17.2 Å². The number of ether oxygens (including phenoxy) is 3. The lowest BCUT2D eigenvalue weighted by Gasteiger charge is -2.26. The molecule has 3 rings (SSSR count). The van der Waals surface area contributed by atoms with E-state index < -0.39 is 0 Å². The zero-order chi connectivity index (χ0) is 17.8. The summed E-state index contributed by atoms with van der Waals surface area (Å²) < 4.78 is 16.4. The van der Waals surface area contributed by atoms with Crippen LogP contribution in [0.1, 0.15) is 16.6 Å². The van der Waals surface area contributed by atoms with Gasteiger partial charge in [-0.25, -0.2) is 0 Å². The molecule has 0 radical (unpaired) electrons. The van der Waals surface area contributed by atoms with Crippen molar-refractivity contribution < 1.29 is 19.0 Å². The van der Waals surface area contributed by atoms with Crippen LogP contribution < -0.4 is 14.2 Å². The molecule has 1 aliphatic heterocycles. The highest BCUT2D eigenvalue weighted by atomic mass is 32.2. The fraction of sp³-hybridized carbons (Fsp3) is 0.333. The van der Waals surface area contributed by atoms with Crippen LogP contribution in [0.3, 0.4) is 0 Å². The summed E-state index contributed by atoms with van der Waals surface area (Å²) >= 11 is 1.57. The molecule has 1 saturated heterocycles. The smallest absolute Gasteiger partial charge is 0.234 e. The highest BCUT2D eigenvalue weighted by molar-refractivity contribution is 8.00. The van der Waals surface area contributed by atoms with Gasteiger partial charge in [0.05, 0.1) is 39.3 Å². The first-order chi connectivity index (χ1) is 12.2. The van der Waals surface area contributed by atoms with Crippen LogP contribution in [0.15, 0.2) is 36.5 Å². The Morgan fingerprint density at radius 1 is 1.12 bits per heavy atom. The van der Waals surface area contributed by atoms with E-state index >= 15 is 0 Å². The third-order valence-electron chi connectivity index (χ3n) is 4.03. The van der Waals surface area contributed by atoms with Gasteiger partial charge in [-0.15, -0.1) is 11.8 Å². The topological polar surface area (TPSA) is 60.9 Å². The molecule has 0 bridgehead atoms. The average Bonchev–Trinajstić information content (AvgIpc) is 3.01. The van der Waals surface area contributed by atoms with Crippen LogP contribution in [0.25, 0.3) is 0 Å². The van der Waals surface area contributed by atoms with Gasteiger partial charge in [-0.1, -0.05) is 6.07 Å². The minimum absolute atomic E-state index is 0.0810. The molecule has 1 unspecified atom stereocenters. The number of carbonyl (C=O) groups is 1. The molecular formula is C18H20N2O4S. The van der Waals surface area contributed by atoms with E-state index in [4.69, 9.17) is 14.2 Å². The van der Waals surface area contributed by atoms with Crippen molar-refractivity contribution in [3.8, 4) is 17.2 Å². The molecule has 132 valence electrons.